The van der Waals surface area contributed by atoms with Crippen molar-refractivity contribution < 1.29 is 4.79 Å². The first-order valence-corrected chi connectivity index (χ1v) is 7.04. The van der Waals surface area contributed by atoms with E-state index in [1.54, 1.807) is 35.0 Å². The van der Waals surface area contributed by atoms with E-state index in [2.05, 4.69) is 26.2 Å². The quantitative estimate of drug-likeness (QED) is 0.873. The molecule has 5 nitrogen and oxygen atoms in total. The molecule has 0 spiro atoms. The summed E-state index contributed by atoms with van der Waals surface area (Å²) in [6, 6.07) is 8.15. The summed E-state index contributed by atoms with van der Waals surface area (Å²) < 4.78 is 2.17. The van der Waals surface area contributed by atoms with Crippen molar-refractivity contribution >= 4 is 27.5 Å². The zero-order valence-electron chi connectivity index (χ0n) is 11.0. The molecule has 20 heavy (non-hydrogen) atoms. The zero-order valence-corrected chi connectivity index (χ0v) is 12.6. The Labute approximate surface area is 124 Å². The van der Waals surface area contributed by atoms with Gasteiger partial charge in [0.1, 0.15) is 10.3 Å². The maximum atomic E-state index is 12.0. The Hall–Kier alpha value is -1.95. The molecule has 2 aromatic heterocycles. The Kier molecular flexibility index (Phi) is 4.68. The maximum Gasteiger partial charge on any atom is 0.274 e. The van der Waals surface area contributed by atoms with Gasteiger partial charge >= 0.3 is 0 Å². The van der Waals surface area contributed by atoms with Crippen LogP contribution in [0.2, 0.25) is 0 Å². The lowest BCUT2D eigenvalue weighted by Crippen LogP contribution is -2.20. The number of halogens is 1. The van der Waals surface area contributed by atoms with Gasteiger partial charge in [-0.1, -0.05) is 13.0 Å². The van der Waals surface area contributed by atoms with Crippen molar-refractivity contribution in [1.29, 1.82) is 0 Å². The summed E-state index contributed by atoms with van der Waals surface area (Å²) in [4.78, 5) is 27.7. The standard InChI is InChI=1S/C14H14BrN3O2/c1-2-8-18-9-10(6-7-13(18)19)16-14(20)11-4-3-5-12(15)17-11/h3-7,9H,2,8H2,1H3,(H,16,20). The number of carbonyl (C=O) groups is 1. The Bertz CT molecular complexity index is 682. The monoisotopic (exact) mass is 335 g/mol. The number of pyridine rings is 2. The van der Waals surface area contributed by atoms with Gasteiger partial charge in [0.2, 0.25) is 0 Å². The van der Waals surface area contributed by atoms with Gasteiger partial charge in [-0.15, -0.1) is 0 Å². The van der Waals surface area contributed by atoms with E-state index in [0.717, 1.165) is 6.42 Å². The highest BCUT2D eigenvalue weighted by Gasteiger charge is 2.08. The molecule has 0 aromatic carbocycles. The van der Waals surface area contributed by atoms with Crippen LogP contribution in [0, 0.1) is 0 Å². The smallest absolute Gasteiger partial charge is 0.274 e. The van der Waals surface area contributed by atoms with Gasteiger partial charge in [-0.2, -0.15) is 0 Å². The van der Waals surface area contributed by atoms with Crippen molar-refractivity contribution in [3.05, 3.63) is 57.2 Å². The van der Waals surface area contributed by atoms with E-state index in [9.17, 15) is 9.59 Å². The van der Waals surface area contributed by atoms with E-state index in [0.29, 0.717) is 22.5 Å². The van der Waals surface area contributed by atoms with Gasteiger partial charge < -0.3 is 9.88 Å². The van der Waals surface area contributed by atoms with E-state index in [1.165, 1.54) is 6.07 Å². The van der Waals surface area contributed by atoms with E-state index in [1.807, 2.05) is 6.92 Å². The molecule has 0 aliphatic heterocycles. The fourth-order valence-electron chi connectivity index (χ4n) is 1.75. The third kappa shape index (κ3) is 3.54. The second-order valence-electron chi connectivity index (χ2n) is 4.25. The minimum absolute atomic E-state index is 0.0783. The average Bonchev–Trinajstić information content (AvgIpc) is 2.43. The summed E-state index contributed by atoms with van der Waals surface area (Å²) in [5.74, 6) is -0.312. The fourth-order valence-corrected chi connectivity index (χ4v) is 2.09. The van der Waals surface area contributed by atoms with Crippen LogP contribution < -0.4 is 10.9 Å². The van der Waals surface area contributed by atoms with Crippen LogP contribution >= 0.6 is 15.9 Å². The average molecular weight is 336 g/mol. The highest BCUT2D eigenvalue weighted by Crippen LogP contribution is 2.09. The highest BCUT2D eigenvalue weighted by atomic mass is 79.9. The molecule has 0 saturated heterocycles. The molecule has 2 heterocycles. The molecule has 0 bridgehead atoms. The second kappa shape index (κ2) is 6.47. The van der Waals surface area contributed by atoms with Crippen LogP contribution in [0.1, 0.15) is 23.8 Å². The lowest BCUT2D eigenvalue weighted by Gasteiger charge is -2.08. The molecule has 0 radical (unpaired) electrons. The minimum Gasteiger partial charge on any atom is -0.319 e. The molecule has 104 valence electrons. The molecular formula is C14H14BrN3O2. The summed E-state index contributed by atoms with van der Waals surface area (Å²) in [7, 11) is 0. The van der Waals surface area contributed by atoms with Crippen LogP contribution in [0.15, 0.2) is 45.9 Å². The van der Waals surface area contributed by atoms with Crippen molar-refractivity contribution in [2.45, 2.75) is 19.9 Å². The molecular weight excluding hydrogens is 322 g/mol. The van der Waals surface area contributed by atoms with E-state index in [-0.39, 0.29) is 11.5 Å². The Morgan fingerprint density at radius 3 is 2.85 bits per heavy atom. The first-order chi connectivity index (χ1) is 9.60. The predicted molar refractivity (Wildman–Crippen MR) is 80.9 cm³/mol. The van der Waals surface area contributed by atoms with Gasteiger partial charge in [-0.3, -0.25) is 9.59 Å². The highest BCUT2D eigenvalue weighted by molar-refractivity contribution is 9.10. The molecule has 2 rings (SSSR count). The molecule has 0 aliphatic carbocycles. The summed E-state index contributed by atoms with van der Waals surface area (Å²) in [6.07, 6.45) is 2.49. The third-order valence-corrected chi connectivity index (χ3v) is 3.10. The third-order valence-electron chi connectivity index (χ3n) is 2.65. The van der Waals surface area contributed by atoms with Gasteiger partial charge in [-0.25, -0.2) is 4.98 Å². The first kappa shape index (κ1) is 14.5. The van der Waals surface area contributed by atoms with Gasteiger partial charge in [0.05, 0.1) is 5.69 Å². The molecule has 1 N–H and O–H groups in total. The number of nitrogens with one attached hydrogen (secondary N) is 1. The topological polar surface area (TPSA) is 64.0 Å². The number of anilines is 1. The molecule has 2 aromatic rings. The number of nitrogens with zero attached hydrogens (tertiary/aromatic N) is 2. The molecule has 0 fully saturated rings. The Morgan fingerprint density at radius 1 is 1.35 bits per heavy atom. The molecule has 0 aliphatic rings. The molecule has 0 saturated carbocycles. The van der Waals surface area contributed by atoms with Gasteiger partial charge in [-0.05, 0) is 40.5 Å². The van der Waals surface area contributed by atoms with Crippen molar-refractivity contribution in [3.8, 4) is 0 Å². The summed E-state index contributed by atoms with van der Waals surface area (Å²) in [6.45, 7) is 2.61. The van der Waals surface area contributed by atoms with Crippen LogP contribution in [-0.4, -0.2) is 15.5 Å². The lowest BCUT2D eigenvalue weighted by molar-refractivity contribution is 0.102. The lowest BCUT2D eigenvalue weighted by atomic mass is 10.3. The van der Waals surface area contributed by atoms with Crippen molar-refractivity contribution in [2.75, 3.05) is 5.32 Å². The number of amides is 1. The van der Waals surface area contributed by atoms with Crippen molar-refractivity contribution in [3.63, 3.8) is 0 Å². The minimum atomic E-state index is -0.312. The molecule has 1 amide bonds. The van der Waals surface area contributed by atoms with Crippen LogP contribution in [0.3, 0.4) is 0 Å². The van der Waals surface area contributed by atoms with Gasteiger partial charge in [0, 0.05) is 18.8 Å². The molecule has 6 heteroatoms. The summed E-state index contributed by atoms with van der Waals surface area (Å²) >= 11 is 3.22. The molecule has 0 atom stereocenters. The number of carbonyl (C=O) groups excluding carboxylic acids is 1. The summed E-state index contributed by atoms with van der Waals surface area (Å²) in [5.41, 5.74) is 0.808. The first-order valence-electron chi connectivity index (χ1n) is 6.24. The van der Waals surface area contributed by atoms with Crippen molar-refractivity contribution in [1.82, 2.24) is 9.55 Å². The number of aryl methyl sites for hydroxylation is 1. The normalized spacial score (nSPS) is 10.3. The number of rotatable bonds is 4. The van der Waals surface area contributed by atoms with Gasteiger partial charge in [0.25, 0.3) is 11.5 Å². The van der Waals surface area contributed by atoms with Crippen LogP contribution in [0.25, 0.3) is 0 Å². The largest absolute Gasteiger partial charge is 0.319 e. The zero-order chi connectivity index (χ0) is 14.5. The van der Waals surface area contributed by atoms with E-state index < -0.39 is 0 Å². The Balaban J connectivity index is 2.19. The fraction of sp³-hybridized carbons (Fsp3) is 0.214. The van der Waals surface area contributed by atoms with Crippen LogP contribution in [-0.2, 0) is 6.54 Å². The van der Waals surface area contributed by atoms with Gasteiger partial charge in [0.15, 0.2) is 0 Å². The predicted octanol–water partition coefficient (Wildman–Crippen LogP) is 2.67. The number of aromatic nitrogens is 2. The van der Waals surface area contributed by atoms with Crippen molar-refractivity contribution in [2.24, 2.45) is 0 Å². The van der Waals surface area contributed by atoms with Crippen LogP contribution in [0.4, 0.5) is 5.69 Å². The maximum absolute atomic E-state index is 12.0. The number of hydrogen-bond acceptors (Lipinski definition) is 3. The van der Waals surface area contributed by atoms with E-state index >= 15 is 0 Å². The molecule has 0 unspecified atom stereocenters. The number of hydrogen-bond donors (Lipinski definition) is 1. The Morgan fingerprint density at radius 2 is 2.15 bits per heavy atom. The SMILES string of the molecule is CCCn1cc(NC(=O)c2cccc(Br)n2)ccc1=O. The van der Waals surface area contributed by atoms with Crippen LogP contribution in [0.5, 0.6) is 0 Å². The van der Waals surface area contributed by atoms with E-state index in [4.69, 9.17) is 0 Å². The second-order valence-corrected chi connectivity index (χ2v) is 5.06. The summed E-state index contributed by atoms with van der Waals surface area (Å²) in [5, 5.41) is 2.73.